The summed E-state index contributed by atoms with van der Waals surface area (Å²) in [6.07, 6.45) is 0. The Bertz CT molecular complexity index is 3780. The summed E-state index contributed by atoms with van der Waals surface area (Å²) in [6.45, 7) is 0. The number of rotatable bonds is 3. The molecule has 0 amide bonds. The molecule has 0 atom stereocenters. The summed E-state index contributed by atoms with van der Waals surface area (Å²) in [7, 11) is 0. The minimum absolute atomic E-state index is 0.377. The Hall–Kier alpha value is -8.00. The van der Waals surface area contributed by atoms with Crippen molar-refractivity contribution in [1.29, 1.82) is 0 Å². The van der Waals surface area contributed by atoms with Gasteiger partial charge in [-0.1, -0.05) is 188 Å². The highest BCUT2D eigenvalue weighted by Crippen LogP contribution is 2.63. The first-order chi connectivity index (χ1) is 30.8. The third kappa shape index (κ3) is 4.42. The standard InChI is InChI=1S/C61H37N/c1-2-18-45-43(16-1)44-17-3-4-19-46(44)54-35-39(28-31-47(45)54)41-30-33-53-52-23-8-12-27-59(52)62(60(53)37-41)42-15-13-14-38(34-42)40-29-32-51-50-22-7-11-26-57(50)61(58(51)36-40)55-24-9-5-20-48(55)49-21-6-10-25-56(49)61/h1-37H. The van der Waals surface area contributed by atoms with Gasteiger partial charge in [-0.3, -0.25) is 0 Å². The number of nitrogens with zero attached hydrogens (tertiary/aromatic N) is 1. The Morgan fingerprint density at radius 2 is 0.677 bits per heavy atom. The molecular formula is C61H37N. The normalized spacial score (nSPS) is 13.3. The molecular weight excluding hydrogens is 747 g/mol. The van der Waals surface area contributed by atoms with Crippen molar-refractivity contribution in [3.05, 3.63) is 247 Å². The molecule has 0 fully saturated rings. The van der Waals surface area contributed by atoms with Gasteiger partial charge in [-0.2, -0.15) is 0 Å². The van der Waals surface area contributed by atoms with Gasteiger partial charge in [0.25, 0.3) is 0 Å². The average Bonchev–Trinajstić information content (AvgIpc) is 3.95. The van der Waals surface area contributed by atoms with Gasteiger partial charge in [0.15, 0.2) is 0 Å². The zero-order chi connectivity index (χ0) is 40.5. The van der Waals surface area contributed by atoms with Crippen LogP contribution in [0.3, 0.4) is 0 Å². The van der Waals surface area contributed by atoms with Gasteiger partial charge in [-0.15, -0.1) is 0 Å². The van der Waals surface area contributed by atoms with Gasteiger partial charge < -0.3 is 4.57 Å². The minimum Gasteiger partial charge on any atom is -0.309 e. The Balaban J connectivity index is 0.948. The summed E-state index contributed by atoms with van der Waals surface area (Å²) in [5.74, 6) is 0. The zero-order valence-corrected chi connectivity index (χ0v) is 33.8. The molecule has 0 radical (unpaired) electrons. The monoisotopic (exact) mass is 783 g/mol. The first kappa shape index (κ1) is 33.8. The number of hydrogen-bond donors (Lipinski definition) is 0. The number of benzene rings is 11. The van der Waals surface area contributed by atoms with E-state index >= 15 is 0 Å². The molecule has 1 heteroatoms. The summed E-state index contributed by atoms with van der Waals surface area (Å²) < 4.78 is 2.47. The first-order valence-corrected chi connectivity index (χ1v) is 21.7. The van der Waals surface area contributed by atoms with E-state index in [1.807, 2.05) is 0 Å². The zero-order valence-electron chi connectivity index (χ0n) is 33.8. The van der Waals surface area contributed by atoms with Crippen LogP contribution in [0.15, 0.2) is 224 Å². The lowest BCUT2D eigenvalue weighted by molar-refractivity contribution is 0.794. The van der Waals surface area contributed by atoms with Crippen LogP contribution in [0.25, 0.3) is 104 Å². The van der Waals surface area contributed by atoms with Gasteiger partial charge in [0.2, 0.25) is 0 Å². The molecule has 0 aliphatic heterocycles. The summed E-state index contributed by atoms with van der Waals surface area (Å²) in [5, 5.41) is 10.3. The van der Waals surface area contributed by atoms with Crippen LogP contribution in [0.2, 0.25) is 0 Å². The van der Waals surface area contributed by atoms with E-state index in [1.54, 1.807) is 0 Å². The molecule has 1 heterocycles. The van der Waals surface area contributed by atoms with Crippen molar-refractivity contribution >= 4 is 54.1 Å². The topological polar surface area (TPSA) is 4.93 Å². The van der Waals surface area contributed by atoms with Crippen LogP contribution in [0.1, 0.15) is 22.3 Å². The van der Waals surface area contributed by atoms with Gasteiger partial charge in [0.1, 0.15) is 0 Å². The molecule has 0 saturated heterocycles. The molecule has 1 nitrogen and oxygen atoms in total. The van der Waals surface area contributed by atoms with Crippen molar-refractivity contribution in [2.75, 3.05) is 0 Å². The van der Waals surface area contributed by atoms with Crippen LogP contribution in [0.5, 0.6) is 0 Å². The summed E-state index contributed by atoms with van der Waals surface area (Å²) in [4.78, 5) is 0. The highest BCUT2D eigenvalue weighted by molar-refractivity contribution is 6.26. The molecule has 1 aromatic heterocycles. The largest absolute Gasteiger partial charge is 0.309 e. The Morgan fingerprint density at radius 3 is 1.32 bits per heavy atom. The van der Waals surface area contributed by atoms with Crippen LogP contribution in [-0.2, 0) is 5.41 Å². The maximum Gasteiger partial charge on any atom is 0.0725 e. The summed E-state index contributed by atoms with van der Waals surface area (Å²) >= 11 is 0. The van der Waals surface area contributed by atoms with E-state index < -0.39 is 0 Å². The van der Waals surface area contributed by atoms with E-state index in [2.05, 4.69) is 229 Å². The molecule has 0 bridgehead atoms. The SMILES string of the molecule is c1cc(-c2ccc3c(c2)C2(c4ccccc4-c4ccccc42)c2ccccc2-3)cc(-n2c3ccccc3c3ccc(-c4ccc5c6ccccc6c6ccccc6c5c4)cc32)c1. The van der Waals surface area contributed by atoms with Gasteiger partial charge in [0.05, 0.1) is 16.4 Å². The summed E-state index contributed by atoms with van der Waals surface area (Å²) in [5.41, 5.74) is 18.8. The van der Waals surface area contributed by atoms with Crippen LogP contribution in [-0.4, -0.2) is 4.57 Å². The lowest BCUT2D eigenvalue weighted by Gasteiger charge is -2.30. The van der Waals surface area contributed by atoms with Crippen molar-refractivity contribution in [1.82, 2.24) is 4.57 Å². The fourth-order valence-electron chi connectivity index (χ4n) is 11.6. The fourth-order valence-corrected chi connectivity index (χ4v) is 11.6. The molecule has 0 saturated carbocycles. The Labute approximate surface area is 359 Å². The molecule has 2 aliphatic carbocycles. The van der Waals surface area contributed by atoms with Crippen molar-refractivity contribution in [2.24, 2.45) is 0 Å². The third-order valence-electron chi connectivity index (χ3n) is 14.2. The van der Waals surface area contributed by atoms with Crippen molar-refractivity contribution in [3.63, 3.8) is 0 Å². The van der Waals surface area contributed by atoms with Crippen molar-refractivity contribution < 1.29 is 0 Å². The smallest absolute Gasteiger partial charge is 0.0725 e. The lowest BCUT2D eigenvalue weighted by atomic mass is 9.70. The molecule has 0 N–H and O–H groups in total. The molecule has 14 rings (SSSR count). The molecule has 11 aromatic carbocycles. The van der Waals surface area contributed by atoms with Crippen LogP contribution < -0.4 is 0 Å². The first-order valence-electron chi connectivity index (χ1n) is 21.7. The molecule has 286 valence electrons. The molecule has 0 unspecified atom stereocenters. The predicted molar refractivity (Wildman–Crippen MR) is 260 cm³/mol. The van der Waals surface area contributed by atoms with Crippen LogP contribution >= 0.6 is 0 Å². The molecule has 12 aromatic rings. The number of aromatic nitrogens is 1. The van der Waals surface area contributed by atoms with E-state index in [-0.39, 0.29) is 5.41 Å². The average molecular weight is 784 g/mol. The second kappa shape index (κ2) is 12.5. The lowest BCUT2D eigenvalue weighted by Crippen LogP contribution is -2.25. The van der Waals surface area contributed by atoms with Gasteiger partial charge in [0, 0.05) is 16.5 Å². The van der Waals surface area contributed by atoms with Crippen LogP contribution in [0, 0.1) is 0 Å². The molecule has 1 spiro atoms. The fraction of sp³-hybridized carbons (Fsp3) is 0.0164. The predicted octanol–water partition coefficient (Wildman–Crippen LogP) is 15.9. The second-order valence-corrected chi connectivity index (χ2v) is 17.1. The van der Waals surface area contributed by atoms with E-state index in [0.717, 1.165) is 5.69 Å². The highest BCUT2D eigenvalue weighted by atomic mass is 15.0. The quantitative estimate of drug-likeness (QED) is 0.157. The van der Waals surface area contributed by atoms with Crippen molar-refractivity contribution in [2.45, 2.75) is 5.41 Å². The number of hydrogen-bond acceptors (Lipinski definition) is 0. The minimum atomic E-state index is -0.377. The van der Waals surface area contributed by atoms with Crippen LogP contribution in [0.4, 0.5) is 0 Å². The highest BCUT2D eigenvalue weighted by Gasteiger charge is 2.51. The number of para-hydroxylation sites is 1. The Kier molecular flexibility index (Phi) is 6.82. The maximum absolute atomic E-state index is 2.49. The Morgan fingerprint density at radius 1 is 0.242 bits per heavy atom. The molecule has 2 aliphatic rings. The second-order valence-electron chi connectivity index (χ2n) is 17.1. The van der Waals surface area contributed by atoms with E-state index in [4.69, 9.17) is 0 Å². The van der Waals surface area contributed by atoms with Gasteiger partial charge in [-0.25, -0.2) is 0 Å². The number of fused-ring (bicyclic) bond motifs is 19. The third-order valence-corrected chi connectivity index (χ3v) is 14.2. The van der Waals surface area contributed by atoms with E-state index in [9.17, 15) is 0 Å². The maximum atomic E-state index is 2.49. The van der Waals surface area contributed by atoms with Crippen molar-refractivity contribution in [3.8, 4) is 50.2 Å². The van der Waals surface area contributed by atoms with Gasteiger partial charge in [-0.05, 0) is 135 Å². The molecule has 62 heavy (non-hydrogen) atoms. The summed E-state index contributed by atoms with van der Waals surface area (Å²) in [6, 6.07) is 84.1. The van der Waals surface area contributed by atoms with E-state index in [1.165, 1.54) is 121 Å². The van der Waals surface area contributed by atoms with E-state index in [0.29, 0.717) is 0 Å². The van der Waals surface area contributed by atoms with Gasteiger partial charge >= 0.3 is 0 Å².